The van der Waals surface area contributed by atoms with Crippen LogP contribution in [0.5, 0.6) is 0 Å². The van der Waals surface area contributed by atoms with Crippen LogP contribution in [-0.4, -0.2) is 20.7 Å². The number of carbonyl (C=O) groups excluding carboxylic acids is 1. The second-order valence-corrected chi connectivity index (χ2v) is 8.72. The molecule has 2 aromatic carbocycles. The number of fused-ring (bicyclic) bond motifs is 2. The number of anilines is 1. The molecule has 0 aliphatic carbocycles. The molecule has 5 nitrogen and oxygen atoms in total. The quantitative estimate of drug-likeness (QED) is 0.273. The Labute approximate surface area is 176 Å². The Morgan fingerprint density at radius 3 is 2.86 bits per heavy atom. The van der Waals surface area contributed by atoms with Crippen LogP contribution in [-0.2, 0) is 11.3 Å². The van der Waals surface area contributed by atoms with E-state index in [1.54, 1.807) is 16.7 Å². The molecule has 0 aliphatic rings. The van der Waals surface area contributed by atoms with Gasteiger partial charge in [-0.2, -0.15) is 0 Å². The van der Waals surface area contributed by atoms with Gasteiger partial charge in [-0.3, -0.25) is 14.2 Å². The van der Waals surface area contributed by atoms with Crippen molar-refractivity contribution in [3.63, 3.8) is 0 Å². The molecule has 1 N–H and O–H groups in total. The number of thiophene rings is 1. The number of thioether (sulfide) groups is 1. The van der Waals surface area contributed by atoms with Crippen LogP contribution < -0.4 is 10.9 Å². The van der Waals surface area contributed by atoms with Crippen LogP contribution in [0.1, 0.15) is 6.92 Å². The van der Waals surface area contributed by atoms with Crippen molar-refractivity contribution in [1.29, 1.82) is 0 Å². The van der Waals surface area contributed by atoms with Gasteiger partial charge in [0.25, 0.3) is 5.56 Å². The van der Waals surface area contributed by atoms with E-state index in [4.69, 9.17) is 0 Å². The van der Waals surface area contributed by atoms with Crippen molar-refractivity contribution in [2.75, 3.05) is 5.32 Å². The minimum atomic E-state index is -0.436. The molecular weight excluding hydrogens is 402 g/mol. The number of rotatable bonds is 6. The zero-order chi connectivity index (χ0) is 20.4. The maximum atomic E-state index is 12.9. The highest BCUT2D eigenvalue weighted by Gasteiger charge is 2.20. The average molecular weight is 422 g/mol. The first-order valence-electron chi connectivity index (χ1n) is 9.12. The summed E-state index contributed by atoms with van der Waals surface area (Å²) >= 11 is 2.69. The first kappa shape index (κ1) is 19.4. The van der Waals surface area contributed by atoms with Crippen molar-refractivity contribution >= 4 is 55.7 Å². The molecule has 0 fully saturated rings. The Kier molecular flexibility index (Phi) is 5.51. The van der Waals surface area contributed by atoms with Crippen LogP contribution in [0.3, 0.4) is 0 Å². The first-order valence-corrected chi connectivity index (χ1v) is 10.9. The van der Waals surface area contributed by atoms with Gasteiger partial charge in [-0.1, -0.05) is 54.2 Å². The topological polar surface area (TPSA) is 64.0 Å². The molecule has 29 heavy (non-hydrogen) atoms. The summed E-state index contributed by atoms with van der Waals surface area (Å²) < 4.78 is 1.56. The standard InChI is InChI=1S/C22H19N3O2S2/c1-3-12-25-21(27)17-11-13-28-20(17)24-22(25)29-14(2)19(26)23-18-10-6-8-15-7-4-5-9-16(15)18/h3-11,13-14H,1,12H2,2H3,(H,23,26). The molecule has 0 saturated carbocycles. The van der Waals surface area contributed by atoms with Crippen molar-refractivity contribution < 1.29 is 4.79 Å². The highest BCUT2D eigenvalue weighted by molar-refractivity contribution is 8.00. The fourth-order valence-electron chi connectivity index (χ4n) is 3.09. The van der Waals surface area contributed by atoms with Crippen LogP contribution in [0.15, 0.2) is 76.5 Å². The molecule has 0 spiro atoms. The second-order valence-electron chi connectivity index (χ2n) is 6.51. The zero-order valence-electron chi connectivity index (χ0n) is 15.8. The lowest BCUT2D eigenvalue weighted by molar-refractivity contribution is -0.115. The molecule has 4 aromatic rings. The molecule has 0 saturated heterocycles. The SMILES string of the molecule is C=CCn1c(SC(C)C(=O)Nc2cccc3ccccc23)nc2sccc2c1=O. The first-order chi connectivity index (χ1) is 14.1. The Morgan fingerprint density at radius 1 is 1.24 bits per heavy atom. The van der Waals surface area contributed by atoms with Crippen LogP contribution in [0.25, 0.3) is 21.0 Å². The Hall–Kier alpha value is -2.90. The number of nitrogens with zero attached hydrogens (tertiary/aromatic N) is 2. The molecule has 0 radical (unpaired) electrons. The lowest BCUT2D eigenvalue weighted by Crippen LogP contribution is -2.26. The molecule has 1 unspecified atom stereocenters. The normalized spacial score (nSPS) is 12.2. The largest absolute Gasteiger partial charge is 0.325 e. The summed E-state index contributed by atoms with van der Waals surface area (Å²) in [5.41, 5.74) is 0.658. The van der Waals surface area contributed by atoms with E-state index in [2.05, 4.69) is 16.9 Å². The van der Waals surface area contributed by atoms with E-state index in [1.165, 1.54) is 23.1 Å². The minimum Gasteiger partial charge on any atom is -0.325 e. The summed E-state index contributed by atoms with van der Waals surface area (Å²) in [5.74, 6) is -0.142. The monoisotopic (exact) mass is 421 g/mol. The number of allylic oxidation sites excluding steroid dienone is 1. The van der Waals surface area contributed by atoms with Crippen LogP contribution in [0, 0.1) is 0 Å². The molecule has 1 atom stereocenters. The van der Waals surface area contributed by atoms with Gasteiger partial charge in [-0.25, -0.2) is 4.98 Å². The van der Waals surface area contributed by atoms with Gasteiger partial charge in [0.2, 0.25) is 5.91 Å². The highest BCUT2D eigenvalue weighted by atomic mass is 32.2. The number of amides is 1. The predicted molar refractivity (Wildman–Crippen MR) is 122 cm³/mol. The summed E-state index contributed by atoms with van der Waals surface area (Å²) in [4.78, 5) is 30.9. The smallest absolute Gasteiger partial charge is 0.263 e. The summed E-state index contributed by atoms with van der Waals surface area (Å²) in [7, 11) is 0. The molecule has 1 amide bonds. The third-order valence-electron chi connectivity index (χ3n) is 4.56. The van der Waals surface area contributed by atoms with Crippen molar-refractivity contribution in [3.8, 4) is 0 Å². The average Bonchev–Trinajstić information content (AvgIpc) is 3.20. The molecule has 0 bridgehead atoms. The maximum absolute atomic E-state index is 12.9. The number of benzene rings is 2. The van der Waals surface area contributed by atoms with Gasteiger partial charge in [0.1, 0.15) is 4.83 Å². The molecular formula is C22H19N3O2S2. The van der Waals surface area contributed by atoms with E-state index in [1.807, 2.05) is 54.8 Å². The van der Waals surface area contributed by atoms with Gasteiger partial charge in [0.15, 0.2) is 5.16 Å². The van der Waals surface area contributed by atoms with E-state index < -0.39 is 5.25 Å². The predicted octanol–water partition coefficient (Wildman–Crippen LogP) is 4.92. The fourth-order valence-corrected chi connectivity index (χ4v) is 4.81. The molecule has 0 aliphatic heterocycles. The van der Waals surface area contributed by atoms with Crippen molar-refractivity contribution in [2.24, 2.45) is 0 Å². The number of carbonyl (C=O) groups is 1. The van der Waals surface area contributed by atoms with E-state index in [0.717, 1.165) is 16.5 Å². The highest BCUT2D eigenvalue weighted by Crippen LogP contribution is 2.27. The van der Waals surface area contributed by atoms with E-state index in [-0.39, 0.29) is 11.5 Å². The Balaban J connectivity index is 1.61. The van der Waals surface area contributed by atoms with Crippen LogP contribution in [0.4, 0.5) is 5.69 Å². The number of aromatic nitrogens is 2. The lowest BCUT2D eigenvalue weighted by Gasteiger charge is -2.15. The van der Waals surface area contributed by atoms with E-state index >= 15 is 0 Å². The number of hydrogen-bond donors (Lipinski definition) is 1. The van der Waals surface area contributed by atoms with E-state index in [0.29, 0.717) is 21.9 Å². The second kappa shape index (κ2) is 8.23. The lowest BCUT2D eigenvalue weighted by atomic mass is 10.1. The molecule has 7 heteroatoms. The molecule has 2 aromatic heterocycles. The summed E-state index contributed by atoms with van der Waals surface area (Å²) in [6.45, 7) is 5.89. The van der Waals surface area contributed by atoms with Crippen LogP contribution in [0.2, 0.25) is 0 Å². The van der Waals surface area contributed by atoms with Gasteiger partial charge in [0.05, 0.1) is 10.6 Å². The molecule has 2 heterocycles. The van der Waals surface area contributed by atoms with E-state index in [9.17, 15) is 9.59 Å². The fraction of sp³-hybridized carbons (Fsp3) is 0.136. The van der Waals surface area contributed by atoms with Gasteiger partial charge in [0, 0.05) is 17.6 Å². The zero-order valence-corrected chi connectivity index (χ0v) is 17.4. The molecule has 146 valence electrons. The van der Waals surface area contributed by atoms with Gasteiger partial charge in [-0.15, -0.1) is 17.9 Å². The third-order valence-corrected chi connectivity index (χ3v) is 6.46. The Bertz CT molecular complexity index is 1270. The third kappa shape index (κ3) is 3.83. The minimum absolute atomic E-state index is 0.111. The van der Waals surface area contributed by atoms with Gasteiger partial charge < -0.3 is 5.32 Å². The summed E-state index contributed by atoms with van der Waals surface area (Å²) in [6.07, 6.45) is 1.66. The van der Waals surface area contributed by atoms with Crippen molar-refractivity contribution in [2.45, 2.75) is 23.9 Å². The van der Waals surface area contributed by atoms with Crippen LogP contribution >= 0.6 is 23.1 Å². The Morgan fingerprint density at radius 2 is 2.03 bits per heavy atom. The van der Waals surface area contributed by atoms with Crippen molar-refractivity contribution in [1.82, 2.24) is 9.55 Å². The van der Waals surface area contributed by atoms with Gasteiger partial charge in [-0.05, 0) is 29.8 Å². The van der Waals surface area contributed by atoms with Gasteiger partial charge >= 0.3 is 0 Å². The maximum Gasteiger partial charge on any atom is 0.263 e. The number of hydrogen-bond acceptors (Lipinski definition) is 5. The molecule has 4 rings (SSSR count). The summed E-state index contributed by atoms with van der Waals surface area (Å²) in [5, 5.41) is 7.59. The summed E-state index contributed by atoms with van der Waals surface area (Å²) in [6, 6.07) is 15.5. The van der Waals surface area contributed by atoms with Crippen molar-refractivity contribution in [3.05, 3.63) is 76.9 Å². The number of nitrogens with one attached hydrogen (secondary N) is 1.